The van der Waals surface area contributed by atoms with E-state index in [9.17, 15) is 0 Å². The van der Waals surface area contributed by atoms with Gasteiger partial charge in [-0.3, -0.25) is 0 Å². The van der Waals surface area contributed by atoms with E-state index in [1.165, 1.54) is 12.8 Å². The topological polar surface area (TPSA) is 41.3 Å². The zero-order valence-corrected chi connectivity index (χ0v) is 10.7. The Kier molecular flexibility index (Phi) is 3.19. The van der Waals surface area contributed by atoms with Crippen molar-refractivity contribution in [2.75, 3.05) is 31.6 Å². The minimum atomic E-state index is 0.693. The van der Waals surface area contributed by atoms with Gasteiger partial charge in [0.1, 0.15) is 5.52 Å². The molecule has 18 heavy (non-hydrogen) atoms. The molecule has 4 heteroatoms. The first kappa shape index (κ1) is 11.5. The molecule has 1 unspecified atom stereocenters. The average Bonchev–Trinajstić information content (AvgIpc) is 2.84. The summed E-state index contributed by atoms with van der Waals surface area (Å²) in [6.45, 7) is 3.26. The van der Waals surface area contributed by atoms with Crippen LogP contribution in [0.25, 0.3) is 11.1 Å². The maximum Gasteiger partial charge on any atom is 0.298 e. The van der Waals surface area contributed by atoms with Gasteiger partial charge in [-0.25, -0.2) is 0 Å². The van der Waals surface area contributed by atoms with Gasteiger partial charge in [0.05, 0.1) is 0 Å². The zero-order valence-electron chi connectivity index (χ0n) is 10.7. The van der Waals surface area contributed by atoms with Crippen molar-refractivity contribution in [1.29, 1.82) is 0 Å². The second kappa shape index (κ2) is 4.98. The minimum absolute atomic E-state index is 0.693. The molecule has 0 spiro atoms. The van der Waals surface area contributed by atoms with Crippen LogP contribution in [-0.2, 0) is 0 Å². The molecule has 0 aliphatic carbocycles. The lowest BCUT2D eigenvalue weighted by Crippen LogP contribution is -2.36. The predicted molar refractivity (Wildman–Crippen MR) is 72.9 cm³/mol. The zero-order chi connectivity index (χ0) is 12.4. The van der Waals surface area contributed by atoms with E-state index < -0.39 is 0 Å². The van der Waals surface area contributed by atoms with Crippen molar-refractivity contribution in [3.05, 3.63) is 24.3 Å². The van der Waals surface area contributed by atoms with Crippen LogP contribution in [0.4, 0.5) is 6.01 Å². The largest absolute Gasteiger partial charge is 0.423 e. The lowest BCUT2D eigenvalue weighted by Gasteiger charge is -2.26. The second-order valence-corrected chi connectivity index (χ2v) is 5.06. The van der Waals surface area contributed by atoms with Crippen LogP contribution in [0, 0.1) is 5.92 Å². The lowest BCUT2D eigenvalue weighted by atomic mass is 9.99. The summed E-state index contributed by atoms with van der Waals surface area (Å²) >= 11 is 0. The summed E-state index contributed by atoms with van der Waals surface area (Å²) in [7, 11) is 2.05. The van der Waals surface area contributed by atoms with E-state index in [1.807, 2.05) is 24.3 Å². The molecule has 2 aromatic rings. The summed E-state index contributed by atoms with van der Waals surface area (Å²) in [4.78, 5) is 6.64. The van der Waals surface area contributed by atoms with Gasteiger partial charge >= 0.3 is 0 Å². The third kappa shape index (κ3) is 2.34. The Morgan fingerprint density at radius 3 is 3.11 bits per heavy atom. The number of benzene rings is 1. The Labute approximate surface area is 107 Å². The summed E-state index contributed by atoms with van der Waals surface area (Å²) in [5.74, 6) is 0.693. The highest BCUT2D eigenvalue weighted by molar-refractivity contribution is 5.74. The third-order valence-corrected chi connectivity index (χ3v) is 3.54. The molecule has 1 N–H and O–H groups in total. The van der Waals surface area contributed by atoms with Gasteiger partial charge in [0.15, 0.2) is 5.58 Å². The fraction of sp³-hybridized carbons (Fsp3) is 0.500. The molecule has 1 saturated heterocycles. The molecule has 1 atom stereocenters. The first-order valence-corrected chi connectivity index (χ1v) is 6.60. The molecule has 3 rings (SSSR count). The van der Waals surface area contributed by atoms with Crippen molar-refractivity contribution in [2.45, 2.75) is 12.8 Å². The average molecular weight is 245 g/mol. The Morgan fingerprint density at radius 1 is 1.44 bits per heavy atom. The molecular formula is C14H19N3O. The maximum atomic E-state index is 5.77. The fourth-order valence-corrected chi connectivity index (χ4v) is 2.57. The van der Waals surface area contributed by atoms with Crippen LogP contribution in [-0.4, -0.2) is 31.7 Å². The van der Waals surface area contributed by atoms with Crippen LogP contribution in [0.15, 0.2) is 28.7 Å². The monoisotopic (exact) mass is 245 g/mol. The summed E-state index contributed by atoms with van der Waals surface area (Å²) in [6, 6.07) is 8.63. The number of hydrogen-bond acceptors (Lipinski definition) is 4. The molecule has 0 radical (unpaired) electrons. The van der Waals surface area contributed by atoms with E-state index in [2.05, 4.69) is 22.2 Å². The summed E-state index contributed by atoms with van der Waals surface area (Å²) in [5.41, 5.74) is 1.79. The predicted octanol–water partition coefficient (Wildman–Crippen LogP) is 2.26. The summed E-state index contributed by atoms with van der Waals surface area (Å²) in [6.07, 6.45) is 2.56. The number of nitrogens with zero attached hydrogens (tertiary/aromatic N) is 2. The van der Waals surface area contributed by atoms with Crippen LogP contribution < -0.4 is 10.2 Å². The Hall–Kier alpha value is -1.55. The lowest BCUT2D eigenvalue weighted by molar-refractivity contribution is 0.375. The van der Waals surface area contributed by atoms with Gasteiger partial charge in [0.2, 0.25) is 0 Å². The van der Waals surface area contributed by atoms with Gasteiger partial charge in [-0.2, -0.15) is 4.98 Å². The Morgan fingerprint density at radius 2 is 2.33 bits per heavy atom. The van der Waals surface area contributed by atoms with E-state index in [4.69, 9.17) is 4.42 Å². The van der Waals surface area contributed by atoms with Crippen molar-refractivity contribution in [3.8, 4) is 0 Å². The van der Waals surface area contributed by atoms with Crippen molar-refractivity contribution < 1.29 is 4.42 Å². The molecule has 96 valence electrons. The van der Waals surface area contributed by atoms with E-state index in [-0.39, 0.29) is 0 Å². The van der Waals surface area contributed by atoms with E-state index in [0.29, 0.717) is 5.92 Å². The number of fused-ring (bicyclic) bond motifs is 1. The normalized spacial score (nSPS) is 20.2. The van der Waals surface area contributed by atoms with E-state index >= 15 is 0 Å². The van der Waals surface area contributed by atoms with E-state index in [0.717, 1.165) is 36.7 Å². The molecule has 1 fully saturated rings. The number of para-hydroxylation sites is 2. The quantitative estimate of drug-likeness (QED) is 0.900. The van der Waals surface area contributed by atoms with Crippen LogP contribution in [0.5, 0.6) is 0 Å². The highest BCUT2D eigenvalue weighted by Crippen LogP contribution is 2.22. The van der Waals surface area contributed by atoms with Crippen molar-refractivity contribution in [3.63, 3.8) is 0 Å². The summed E-state index contributed by atoms with van der Waals surface area (Å²) in [5, 5.41) is 3.44. The van der Waals surface area contributed by atoms with Crippen molar-refractivity contribution >= 4 is 17.1 Å². The molecule has 0 bridgehead atoms. The van der Waals surface area contributed by atoms with Crippen LogP contribution in [0.3, 0.4) is 0 Å². The Balaban J connectivity index is 1.72. The van der Waals surface area contributed by atoms with Gasteiger partial charge < -0.3 is 14.6 Å². The van der Waals surface area contributed by atoms with Crippen LogP contribution in [0.1, 0.15) is 12.8 Å². The molecule has 1 aromatic heterocycles. The van der Waals surface area contributed by atoms with Gasteiger partial charge in [-0.05, 0) is 44.0 Å². The highest BCUT2D eigenvalue weighted by atomic mass is 16.4. The molecule has 0 amide bonds. The first-order chi connectivity index (χ1) is 8.83. The Bertz CT molecular complexity index is 483. The number of rotatable bonds is 3. The number of anilines is 1. The molecule has 1 aliphatic rings. The molecular weight excluding hydrogens is 226 g/mol. The van der Waals surface area contributed by atoms with Crippen molar-refractivity contribution in [2.24, 2.45) is 5.92 Å². The molecule has 0 saturated carbocycles. The van der Waals surface area contributed by atoms with Gasteiger partial charge in [-0.1, -0.05) is 12.1 Å². The molecule has 1 aliphatic heterocycles. The number of hydrogen-bond donors (Lipinski definition) is 1. The number of aromatic nitrogens is 1. The molecule has 1 aromatic carbocycles. The van der Waals surface area contributed by atoms with Crippen LogP contribution in [0.2, 0.25) is 0 Å². The number of piperidine rings is 1. The highest BCUT2D eigenvalue weighted by Gasteiger charge is 2.17. The second-order valence-electron chi connectivity index (χ2n) is 5.06. The third-order valence-electron chi connectivity index (χ3n) is 3.54. The molecule has 2 heterocycles. The minimum Gasteiger partial charge on any atom is -0.423 e. The smallest absolute Gasteiger partial charge is 0.298 e. The van der Waals surface area contributed by atoms with E-state index in [1.54, 1.807) is 0 Å². The number of nitrogens with one attached hydrogen (secondary N) is 1. The number of oxazole rings is 1. The molecule has 4 nitrogen and oxygen atoms in total. The summed E-state index contributed by atoms with van der Waals surface area (Å²) < 4.78 is 5.77. The standard InChI is InChI=1S/C14H19N3O/c1-17(10-11-5-4-8-15-9-11)14-16-12-6-2-3-7-13(12)18-14/h2-3,6-7,11,15H,4-5,8-10H2,1H3. The van der Waals surface area contributed by atoms with Gasteiger partial charge in [-0.15, -0.1) is 0 Å². The first-order valence-electron chi connectivity index (χ1n) is 6.60. The van der Waals surface area contributed by atoms with Gasteiger partial charge in [0.25, 0.3) is 6.01 Å². The maximum absolute atomic E-state index is 5.77. The van der Waals surface area contributed by atoms with Crippen molar-refractivity contribution in [1.82, 2.24) is 10.3 Å². The van der Waals surface area contributed by atoms with Crippen LogP contribution >= 0.6 is 0 Å². The van der Waals surface area contributed by atoms with Gasteiger partial charge in [0, 0.05) is 13.6 Å². The fourth-order valence-electron chi connectivity index (χ4n) is 2.57. The SMILES string of the molecule is CN(CC1CCCNC1)c1nc2ccccc2o1.